The minimum atomic E-state index is 0.608. The molecule has 18 heavy (non-hydrogen) atoms. The highest BCUT2D eigenvalue weighted by Gasteiger charge is 2.23. The Morgan fingerprint density at radius 2 is 2.28 bits per heavy atom. The van der Waals surface area contributed by atoms with Crippen molar-refractivity contribution < 1.29 is 0 Å². The first kappa shape index (κ1) is 13.8. The summed E-state index contributed by atoms with van der Waals surface area (Å²) >= 11 is 5.92. The molecular weight excluding hydrogens is 244 g/mol. The van der Waals surface area contributed by atoms with Gasteiger partial charge in [0.25, 0.3) is 0 Å². The monoisotopic (exact) mass is 266 g/mol. The minimum absolute atomic E-state index is 0.608. The van der Waals surface area contributed by atoms with Gasteiger partial charge in [-0.05, 0) is 63.8 Å². The first-order valence-electron chi connectivity index (χ1n) is 7.03. The van der Waals surface area contributed by atoms with E-state index in [4.69, 9.17) is 11.6 Å². The van der Waals surface area contributed by atoms with Crippen molar-refractivity contribution in [1.82, 2.24) is 9.88 Å². The third-order valence-electron chi connectivity index (χ3n) is 3.89. The molecule has 2 heterocycles. The molecule has 0 aliphatic carbocycles. The van der Waals surface area contributed by atoms with E-state index in [9.17, 15) is 0 Å². The Balaban J connectivity index is 1.91. The molecule has 0 unspecified atom stereocenters. The number of halogens is 1. The summed E-state index contributed by atoms with van der Waals surface area (Å²) in [5, 5.41) is 0.608. The number of aryl methyl sites for hydroxylation is 1. The third-order valence-corrected chi connectivity index (χ3v) is 4.10. The molecule has 1 aliphatic rings. The lowest BCUT2D eigenvalue weighted by molar-refractivity contribution is 0.105. The Hall–Kier alpha value is -0.600. The summed E-state index contributed by atoms with van der Waals surface area (Å²) in [6, 6.07) is 5.47. The third kappa shape index (κ3) is 3.69. The normalized spacial score (nSPS) is 21.4. The molecule has 0 amide bonds. The Kier molecular flexibility index (Phi) is 5.02. The van der Waals surface area contributed by atoms with Crippen molar-refractivity contribution in [3.05, 3.63) is 29.0 Å². The molecule has 0 spiro atoms. The Morgan fingerprint density at radius 3 is 3.00 bits per heavy atom. The van der Waals surface area contributed by atoms with Gasteiger partial charge in [-0.3, -0.25) is 4.90 Å². The molecule has 0 bridgehead atoms. The van der Waals surface area contributed by atoms with Crippen molar-refractivity contribution in [2.45, 2.75) is 58.0 Å². The van der Waals surface area contributed by atoms with Gasteiger partial charge in [0.05, 0.1) is 0 Å². The number of hydrogen-bond donors (Lipinski definition) is 0. The van der Waals surface area contributed by atoms with Gasteiger partial charge in [-0.15, -0.1) is 0 Å². The van der Waals surface area contributed by atoms with E-state index in [0.717, 1.165) is 12.5 Å². The van der Waals surface area contributed by atoms with E-state index in [-0.39, 0.29) is 0 Å². The minimum Gasteiger partial charge on any atom is -0.298 e. The second-order valence-corrected chi connectivity index (χ2v) is 5.89. The molecule has 2 rings (SSSR count). The average molecular weight is 267 g/mol. The van der Waals surface area contributed by atoms with E-state index in [1.165, 1.54) is 37.8 Å². The Labute approximate surface area is 115 Å². The molecule has 2 nitrogen and oxygen atoms in total. The van der Waals surface area contributed by atoms with Crippen LogP contribution in [0.15, 0.2) is 18.3 Å². The van der Waals surface area contributed by atoms with Crippen molar-refractivity contribution in [2.24, 2.45) is 0 Å². The van der Waals surface area contributed by atoms with Crippen LogP contribution in [-0.4, -0.2) is 28.5 Å². The summed E-state index contributed by atoms with van der Waals surface area (Å²) < 4.78 is 0. The lowest BCUT2D eigenvalue weighted by atomic mass is 9.95. The standard InChI is InChI=1S/C15H23ClN2/c1-12(2)18-10-4-3-5-14(18)7-6-13-8-9-17-15(16)11-13/h8-9,11-12,14H,3-7,10H2,1-2H3/t14-/m1/s1. The number of aromatic nitrogens is 1. The highest BCUT2D eigenvalue weighted by atomic mass is 35.5. The van der Waals surface area contributed by atoms with Crippen molar-refractivity contribution in [3.63, 3.8) is 0 Å². The molecule has 0 N–H and O–H groups in total. The van der Waals surface area contributed by atoms with Gasteiger partial charge in [0.15, 0.2) is 0 Å². The summed E-state index contributed by atoms with van der Waals surface area (Å²) in [5.41, 5.74) is 1.31. The molecule has 1 fully saturated rings. The van der Waals surface area contributed by atoms with Gasteiger partial charge in [0.1, 0.15) is 5.15 Å². The average Bonchev–Trinajstić information content (AvgIpc) is 2.37. The van der Waals surface area contributed by atoms with Crippen molar-refractivity contribution >= 4 is 11.6 Å². The van der Waals surface area contributed by atoms with Crippen LogP contribution >= 0.6 is 11.6 Å². The first-order valence-corrected chi connectivity index (χ1v) is 7.41. The SMILES string of the molecule is CC(C)N1CCCC[C@@H]1CCc1ccnc(Cl)c1. The predicted molar refractivity (Wildman–Crippen MR) is 77.0 cm³/mol. The van der Waals surface area contributed by atoms with Crippen LogP contribution in [0.2, 0.25) is 5.15 Å². The fourth-order valence-electron chi connectivity index (χ4n) is 2.94. The largest absolute Gasteiger partial charge is 0.298 e. The maximum Gasteiger partial charge on any atom is 0.129 e. The fraction of sp³-hybridized carbons (Fsp3) is 0.667. The molecule has 1 atom stereocenters. The summed E-state index contributed by atoms with van der Waals surface area (Å²) in [6.45, 7) is 5.88. The zero-order chi connectivity index (χ0) is 13.0. The van der Waals surface area contributed by atoms with E-state index in [0.29, 0.717) is 11.2 Å². The Bertz CT molecular complexity index is 379. The van der Waals surface area contributed by atoms with Crippen LogP contribution in [-0.2, 0) is 6.42 Å². The molecule has 3 heteroatoms. The summed E-state index contributed by atoms with van der Waals surface area (Å²) in [4.78, 5) is 6.69. The van der Waals surface area contributed by atoms with E-state index in [1.807, 2.05) is 6.07 Å². The number of rotatable bonds is 4. The topological polar surface area (TPSA) is 16.1 Å². The number of hydrogen-bond acceptors (Lipinski definition) is 2. The lowest BCUT2D eigenvalue weighted by Gasteiger charge is -2.38. The van der Waals surface area contributed by atoms with Gasteiger partial charge in [-0.1, -0.05) is 18.0 Å². The van der Waals surface area contributed by atoms with Crippen LogP contribution < -0.4 is 0 Å². The van der Waals surface area contributed by atoms with E-state index in [1.54, 1.807) is 6.20 Å². The summed E-state index contributed by atoms with van der Waals surface area (Å²) in [6.07, 6.45) is 8.23. The molecule has 1 aromatic rings. The predicted octanol–water partition coefficient (Wildman–Crippen LogP) is 3.93. The number of nitrogens with zero attached hydrogens (tertiary/aromatic N) is 2. The number of likely N-dealkylation sites (tertiary alicyclic amines) is 1. The van der Waals surface area contributed by atoms with Crippen molar-refractivity contribution in [3.8, 4) is 0 Å². The molecule has 1 aromatic heterocycles. The van der Waals surface area contributed by atoms with Gasteiger partial charge >= 0.3 is 0 Å². The van der Waals surface area contributed by atoms with Crippen molar-refractivity contribution in [1.29, 1.82) is 0 Å². The van der Waals surface area contributed by atoms with Crippen molar-refractivity contribution in [2.75, 3.05) is 6.54 Å². The van der Waals surface area contributed by atoms with E-state index in [2.05, 4.69) is 29.8 Å². The molecule has 1 saturated heterocycles. The molecule has 1 aliphatic heterocycles. The Morgan fingerprint density at radius 1 is 1.44 bits per heavy atom. The van der Waals surface area contributed by atoms with Gasteiger partial charge in [0, 0.05) is 18.3 Å². The fourth-order valence-corrected chi connectivity index (χ4v) is 3.14. The molecule has 100 valence electrons. The van der Waals surface area contributed by atoms with Crippen LogP contribution in [0.5, 0.6) is 0 Å². The first-order chi connectivity index (χ1) is 8.66. The van der Waals surface area contributed by atoms with Crippen LogP contribution in [0.3, 0.4) is 0 Å². The van der Waals surface area contributed by atoms with E-state index < -0.39 is 0 Å². The molecular formula is C15H23ClN2. The maximum atomic E-state index is 5.92. The van der Waals surface area contributed by atoms with Gasteiger partial charge in [0.2, 0.25) is 0 Å². The van der Waals surface area contributed by atoms with Crippen LogP contribution in [0.1, 0.15) is 45.1 Å². The summed E-state index contributed by atoms with van der Waals surface area (Å²) in [7, 11) is 0. The van der Waals surface area contributed by atoms with Gasteiger partial charge < -0.3 is 0 Å². The molecule has 0 saturated carbocycles. The smallest absolute Gasteiger partial charge is 0.129 e. The highest BCUT2D eigenvalue weighted by molar-refractivity contribution is 6.29. The second kappa shape index (κ2) is 6.53. The quantitative estimate of drug-likeness (QED) is 0.768. The molecule has 0 radical (unpaired) electrons. The zero-order valence-corrected chi connectivity index (χ0v) is 12.2. The number of piperidine rings is 1. The van der Waals surface area contributed by atoms with Crippen LogP contribution in [0.4, 0.5) is 0 Å². The van der Waals surface area contributed by atoms with Gasteiger partial charge in [-0.25, -0.2) is 4.98 Å². The lowest BCUT2D eigenvalue weighted by Crippen LogP contribution is -2.44. The maximum absolute atomic E-state index is 5.92. The zero-order valence-electron chi connectivity index (χ0n) is 11.4. The summed E-state index contributed by atoms with van der Waals surface area (Å²) in [5.74, 6) is 0. The van der Waals surface area contributed by atoms with Crippen LogP contribution in [0.25, 0.3) is 0 Å². The number of pyridine rings is 1. The second-order valence-electron chi connectivity index (χ2n) is 5.51. The van der Waals surface area contributed by atoms with Crippen LogP contribution in [0, 0.1) is 0 Å². The van der Waals surface area contributed by atoms with E-state index >= 15 is 0 Å². The molecule has 0 aromatic carbocycles. The highest BCUT2D eigenvalue weighted by Crippen LogP contribution is 2.23. The van der Waals surface area contributed by atoms with Gasteiger partial charge in [-0.2, -0.15) is 0 Å².